The molecule has 0 aliphatic rings. The Morgan fingerprint density at radius 2 is 1.77 bits per heavy atom. The number of nitrogens with one attached hydrogen (secondary N) is 1. The predicted molar refractivity (Wildman–Crippen MR) is 90.3 cm³/mol. The van der Waals surface area contributed by atoms with Crippen LogP contribution in [-0.2, 0) is 14.4 Å². The maximum atomic E-state index is 11.8. The Morgan fingerprint density at radius 1 is 1.15 bits per heavy atom. The van der Waals surface area contributed by atoms with Gasteiger partial charge in [0, 0.05) is 6.42 Å². The molecule has 0 spiro atoms. The molecule has 3 N–H and O–H groups in total. The number of aliphatic hydroxyl groups excluding tert-OH is 1. The van der Waals surface area contributed by atoms with Gasteiger partial charge in [0.25, 0.3) is 0 Å². The molecule has 144 valence electrons. The van der Waals surface area contributed by atoms with Gasteiger partial charge in [-0.05, 0) is 26.7 Å². The monoisotopic (exact) mass is 397 g/mol. The van der Waals surface area contributed by atoms with Crippen molar-refractivity contribution in [2.45, 2.75) is 52.1 Å². The van der Waals surface area contributed by atoms with Crippen LogP contribution in [0.25, 0.3) is 0 Å². The molecule has 0 radical (unpaired) electrons. The molecule has 0 heterocycles. The second-order valence-electron chi connectivity index (χ2n) is 6.05. The number of amides is 1. The summed E-state index contributed by atoms with van der Waals surface area (Å²) >= 11 is 0. The number of carbonyl (C=O) groups is 3. The summed E-state index contributed by atoms with van der Waals surface area (Å²) in [5.41, 5.74) is 0. The minimum absolute atomic E-state index is 0. The summed E-state index contributed by atoms with van der Waals surface area (Å²) in [6.07, 6.45) is 5.69. The zero-order chi connectivity index (χ0) is 19.5. The first-order chi connectivity index (χ1) is 11.7. The summed E-state index contributed by atoms with van der Waals surface area (Å²) in [5.74, 6) is -2.75. The van der Waals surface area contributed by atoms with Gasteiger partial charge in [0.2, 0.25) is 5.91 Å². The van der Waals surface area contributed by atoms with E-state index in [2.05, 4.69) is 5.32 Å². The van der Waals surface area contributed by atoms with Gasteiger partial charge in [0.05, 0.1) is 25.7 Å². The number of rotatable bonds is 13. The van der Waals surface area contributed by atoms with Crippen LogP contribution in [-0.4, -0.2) is 70.9 Å². The standard InChI is InChI=1S/C17H30N2O6.K/c1-4-5-6-7-8-15(21)18-9-10-19(11-12-20,13(2)16(22)23)14(3)17(24)25;/h5-6,13-14,20H,4,7-12H2,1-3H3,(H2-,18,21,22,23,24,25);/q;+1/b6-5+;. The van der Waals surface area contributed by atoms with E-state index < -0.39 is 28.5 Å². The van der Waals surface area contributed by atoms with Gasteiger partial charge in [-0.25, -0.2) is 4.79 Å². The van der Waals surface area contributed by atoms with Crippen molar-refractivity contribution in [3.8, 4) is 0 Å². The molecule has 9 heteroatoms. The largest absolute Gasteiger partial charge is 1.00 e. The molecule has 0 aliphatic carbocycles. The predicted octanol–water partition coefficient (Wildman–Crippen LogP) is -3.73. The number of hydrogen-bond donors (Lipinski definition) is 3. The summed E-state index contributed by atoms with van der Waals surface area (Å²) in [6, 6.07) is -2.20. The third-order valence-electron chi connectivity index (χ3n) is 4.55. The average Bonchev–Trinajstić information content (AvgIpc) is 2.56. The Morgan fingerprint density at radius 3 is 2.23 bits per heavy atom. The summed E-state index contributed by atoms with van der Waals surface area (Å²) < 4.78 is -0.399. The van der Waals surface area contributed by atoms with Crippen LogP contribution in [0.15, 0.2) is 12.2 Å². The fourth-order valence-corrected chi connectivity index (χ4v) is 2.83. The van der Waals surface area contributed by atoms with E-state index in [9.17, 15) is 29.7 Å². The van der Waals surface area contributed by atoms with E-state index in [-0.39, 0.29) is 83.5 Å². The molecule has 0 aromatic heterocycles. The van der Waals surface area contributed by atoms with E-state index >= 15 is 0 Å². The van der Waals surface area contributed by atoms with Crippen molar-refractivity contribution in [3.05, 3.63) is 12.2 Å². The number of carboxylic acid groups (broad SMARTS) is 2. The van der Waals surface area contributed by atoms with Crippen LogP contribution < -0.4 is 61.8 Å². The fraction of sp³-hybridized carbons (Fsp3) is 0.706. The van der Waals surface area contributed by atoms with E-state index in [0.717, 1.165) is 6.42 Å². The topological polar surface area (TPSA) is 127 Å². The number of quaternary nitrogens is 1. The molecule has 8 nitrogen and oxygen atoms in total. The van der Waals surface area contributed by atoms with E-state index in [0.29, 0.717) is 12.8 Å². The van der Waals surface area contributed by atoms with Gasteiger partial charge in [-0.15, -0.1) is 0 Å². The fourth-order valence-electron chi connectivity index (χ4n) is 2.83. The van der Waals surface area contributed by atoms with Crippen LogP contribution in [0, 0.1) is 0 Å². The SMILES string of the molecule is CC/C=C/CCC(=O)NCC[N+](CCO)(C(C)C(=O)[O-])C(C)C(=O)O.[K+]. The molecule has 0 aromatic carbocycles. The Hall–Kier alpha value is -0.294. The van der Waals surface area contributed by atoms with Crippen molar-refractivity contribution in [3.63, 3.8) is 0 Å². The summed E-state index contributed by atoms with van der Waals surface area (Å²) in [5, 5.41) is 32.7. The zero-order valence-electron chi connectivity index (χ0n) is 16.2. The average molecular weight is 398 g/mol. The van der Waals surface area contributed by atoms with Crippen molar-refractivity contribution in [1.82, 2.24) is 5.32 Å². The van der Waals surface area contributed by atoms with Gasteiger partial charge in [-0.1, -0.05) is 19.1 Å². The van der Waals surface area contributed by atoms with E-state index in [1.165, 1.54) is 13.8 Å². The number of hydrogen-bond acceptors (Lipinski definition) is 5. The molecule has 0 saturated heterocycles. The number of carboxylic acids is 2. The van der Waals surface area contributed by atoms with Crippen molar-refractivity contribution in [2.24, 2.45) is 0 Å². The number of nitrogens with zero attached hydrogens (tertiary/aromatic N) is 1. The molecule has 0 fully saturated rings. The van der Waals surface area contributed by atoms with Crippen molar-refractivity contribution in [1.29, 1.82) is 0 Å². The molecule has 26 heavy (non-hydrogen) atoms. The molecule has 0 aromatic rings. The zero-order valence-corrected chi connectivity index (χ0v) is 19.4. The first kappa shape index (κ1) is 27.9. The quantitative estimate of drug-likeness (QED) is 0.167. The summed E-state index contributed by atoms with van der Waals surface area (Å²) in [7, 11) is 0. The number of aliphatic hydroxyl groups is 1. The van der Waals surface area contributed by atoms with Gasteiger partial charge in [0.1, 0.15) is 12.6 Å². The molecule has 0 bridgehead atoms. The van der Waals surface area contributed by atoms with Crippen molar-refractivity contribution < 1.29 is 85.6 Å². The van der Waals surface area contributed by atoms with Crippen molar-refractivity contribution in [2.75, 3.05) is 26.2 Å². The molecular weight excluding hydrogens is 367 g/mol. The minimum Gasteiger partial charge on any atom is -0.544 e. The van der Waals surface area contributed by atoms with Crippen LogP contribution in [0.2, 0.25) is 0 Å². The smallest absolute Gasteiger partial charge is 0.544 e. The normalized spacial score (nSPS) is 15.5. The molecule has 0 aliphatic heterocycles. The third-order valence-corrected chi connectivity index (χ3v) is 4.55. The summed E-state index contributed by atoms with van der Waals surface area (Å²) in [6.45, 7) is 4.52. The van der Waals surface area contributed by atoms with Crippen LogP contribution >= 0.6 is 0 Å². The van der Waals surface area contributed by atoms with E-state index in [1.54, 1.807) is 0 Å². The van der Waals surface area contributed by atoms with Crippen LogP contribution in [0.4, 0.5) is 0 Å². The Labute approximate surface area is 197 Å². The van der Waals surface area contributed by atoms with Gasteiger partial charge < -0.3 is 29.9 Å². The van der Waals surface area contributed by atoms with Gasteiger partial charge in [0.15, 0.2) is 6.04 Å². The Kier molecular flexibility index (Phi) is 15.8. The van der Waals surface area contributed by atoms with Crippen LogP contribution in [0.3, 0.4) is 0 Å². The van der Waals surface area contributed by atoms with E-state index in [1.807, 2.05) is 19.1 Å². The Balaban J connectivity index is 0. The molecule has 0 saturated carbocycles. The molecule has 1 amide bonds. The number of aliphatic carboxylic acids is 2. The molecule has 0 rings (SSSR count). The number of allylic oxidation sites excluding steroid dienone is 2. The van der Waals surface area contributed by atoms with Gasteiger partial charge >= 0.3 is 57.4 Å². The number of carbonyl (C=O) groups excluding carboxylic acids is 2. The van der Waals surface area contributed by atoms with Crippen molar-refractivity contribution >= 4 is 17.8 Å². The summed E-state index contributed by atoms with van der Waals surface area (Å²) in [4.78, 5) is 34.6. The molecule has 3 atom stereocenters. The van der Waals surface area contributed by atoms with Gasteiger partial charge in [-0.3, -0.25) is 4.79 Å². The second-order valence-corrected chi connectivity index (χ2v) is 6.05. The van der Waals surface area contributed by atoms with Crippen LogP contribution in [0.5, 0.6) is 0 Å². The minimum atomic E-state index is -1.39. The molecular formula is C17H30KN2O6+. The third kappa shape index (κ3) is 9.07. The van der Waals surface area contributed by atoms with Crippen LogP contribution in [0.1, 0.15) is 40.0 Å². The first-order valence-electron chi connectivity index (χ1n) is 8.55. The second kappa shape index (κ2) is 14.7. The maximum absolute atomic E-state index is 11.8. The Bertz CT molecular complexity index is 464. The van der Waals surface area contributed by atoms with Gasteiger partial charge in [-0.2, -0.15) is 0 Å². The maximum Gasteiger partial charge on any atom is 1.00 e. The molecule has 3 unspecified atom stereocenters. The van der Waals surface area contributed by atoms with E-state index in [4.69, 9.17) is 0 Å². The first-order valence-corrected chi connectivity index (χ1v) is 8.55.